The number of amides is 1. The number of hydrogen-bond donors (Lipinski definition) is 1. The molecule has 3 aromatic rings. The van der Waals surface area contributed by atoms with Crippen molar-refractivity contribution in [1.82, 2.24) is 9.88 Å². The SMILES string of the molecule is Cc1ccc(C2C(C(=O)C(C)C)C(=O)C(=O)N2CCc2c[nH]c3ccccc23)cc1. The molecule has 4 rings (SSSR count). The normalized spacial score (nSPS) is 19.3. The van der Waals surface area contributed by atoms with Crippen molar-refractivity contribution in [1.29, 1.82) is 0 Å². The number of aryl methyl sites for hydroxylation is 1. The zero-order valence-electron chi connectivity index (χ0n) is 17.5. The molecule has 2 atom stereocenters. The highest BCUT2D eigenvalue weighted by atomic mass is 16.2. The van der Waals surface area contributed by atoms with Gasteiger partial charge in [0.25, 0.3) is 5.91 Å². The molecule has 5 nitrogen and oxygen atoms in total. The highest BCUT2D eigenvalue weighted by molar-refractivity contribution is 6.43. The van der Waals surface area contributed by atoms with Crippen LogP contribution in [-0.2, 0) is 20.8 Å². The zero-order valence-corrected chi connectivity index (χ0v) is 17.5. The minimum atomic E-state index is -0.942. The van der Waals surface area contributed by atoms with Crippen LogP contribution in [0.15, 0.2) is 54.7 Å². The number of benzene rings is 2. The Bertz CT molecular complexity index is 1110. The van der Waals surface area contributed by atoms with E-state index < -0.39 is 23.7 Å². The van der Waals surface area contributed by atoms with Gasteiger partial charge in [-0.1, -0.05) is 61.9 Å². The first-order chi connectivity index (χ1) is 14.4. The van der Waals surface area contributed by atoms with Gasteiger partial charge in [-0.05, 0) is 30.5 Å². The van der Waals surface area contributed by atoms with Crippen molar-refractivity contribution in [2.45, 2.75) is 33.2 Å². The molecule has 1 saturated heterocycles. The average Bonchev–Trinajstić information content (AvgIpc) is 3.26. The van der Waals surface area contributed by atoms with Crippen molar-refractivity contribution >= 4 is 28.4 Å². The molecule has 0 spiro atoms. The maximum absolute atomic E-state index is 12.9. The van der Waals surface area contributed by atoms with Gasteiger partial charge < -0.3 is 9.88 Å². The smallest absolute Gasteiger partial charge is 0.291 e. The average molecular weight is 402 g/mol. The molecule has 0 bridgehead atoms. The van der Waals surface area contributed by atoms with Crippen molar-refractivity contribution in [3.63, 3.8) is 0 Å². The van der Waals surface area contributed by atoms with Gasteiger partial charge in [-0.25, -0.2) is 0 Å². The van der Waals surface area contributed by atoms with Crippen LogP contribution in [0.1, 0.15) is 36.6 Å². The molecule has 0 saturated carbocycles. The summed E-state index contributed by atoms with van der Waals surface area (Å²) in [5.74, 6) is -2.57. The molecule has 2 aromatic carbocycles. The topological polar surface area (TPSA) is 70.2 Å². The number of fused-ring (bicyclic) bond motifs is 1. The molecule has 5 heteroatoms. The highest BCUT2D eigenvalue weighted by Gasteiger charge is 2.51. The van der Waals surface area contributed by atoms with Crippen LogP contribution in [-0.4, -0.2) is 33.9 Å². The van der Waals surface area contributed by atoms with E-state index in [1.807, 2.05) is 61.7 Å². The lowest BCUT2D eigenvalue weighted by molar-refractivity contribution is -0.142. The van der Waals surface area contributed by atoms with Crippen LogP contribution in [0.5, 0.6) is 0 Å². The third-order valence-corrected chi connectivity index (χ3v) is 6.00. The Hall–Kier alpha value is -3.21. The Kier molecular flexibility index (Phi) is 5.29. The Balaban J connectivity index is 1.68. The molecule has 1 fully saturated rings. The summed E-state index contributed by atoms with van der Waals surface area (Å²) in [6.07, 6.45) is 2.55. The Morgan fingerprint density at radius 3 is 2.47 bits per heavy atom. The second-order valence-corrected chi connectivity index (χ2v) is 8.36. The number of aromatic amines is 1. The molecular weight excluding hydrogens is 376 g/mol. The maximum Gasteiger partial charge on any atom is 0.291 e. The number of H-pyrrole nitrogens is 1. The van der Waals surface area contributed by atoms with E-state index in [1.165, 1.54) is 0 Å². The van der Waals surface area contributed by atoms with E-state index in [1.54, 1.807) is 18.7 Å². The van der Waals surface area contributed by atoms with Crippen molar-refractivity contribution in [3.8, 4) is 0 Å². The van der Waals surface area contributed by atoms with Crippen molar-refractivity contribution in [2.24, 2.45) is 11.8 Å². The fourth-order valence-corrected chi connectivity index (χ4v) is 4.32. The largest absolute Gasteiger partial charge is 0.361 e. The number of carbonyl (C=O) groups is 3. The van der Waals surface area contributed by atoms with Crippen LogP contribution in [0.25, 0.3) is 10.9 Å². The summed E-state index contributed by atoms with van der Waals surface area (Å²) in [7, 11) is 0. The van der Waals surface area contributed by atoms with E-state index in [0.717, 1.165) is 27.6 Å². The number of nitrogens with zero attached hydrogens (tertiary/aromatic N) is 1. The summed E-state index contributed by atoms with van der Waals surface area (Å²) in [6, 6.07) is 15.2. The molecule has 0 aliphatic carbocycles. The van der Waals surface area contributed by atoms with Crippen LogP contribution in [0.4, 0.5) is 0 Å². The molecular formula is C25H26N2O3. The quantitative estimate of drug-likeness (QED) is 0.500. The minimum Gasteiger partial charge on any atom is -0.361 e. The summed E-state index contributed by atoms with van der Waals surface area (Å²) in [4.78, 5) is 43.5. The molecule has 0 radical (unpaired) electrons. The lowest BCUT2D eigenvalue weighted by Gasteiger charge is -2.28. The van der Waals surface area contributed by atoms with Crippen molar-refractivity contribution < 1.29 is 14.4 Å². The molecule has 30 heavy (non-hydrogen) atoms. The van der Waals surface area contributed by atoms with Crippen LogP contribution >= 0.6 is 0 Å². The molecule has 1 N–H and O–H groups in total. The first-order valence-electron chi connectivity index (χ1n) is 10.4. The summed E-state index contributed by atoms with van der Waals surface area (Å²) in [6.45, 7) is 5.93. The predicted molar refractivity (Wildman–Crippen MR) is 116 cm³/mol. The Labute approximate surface area is 176 Å². The maximum atomic E-state index is 12.9. The van der Waals surface area contributed by atoms with Crippen molar-refractivity contribution in [3.05, 3.63) is 71.4 Å². The monoisotopic (exact) mass is 402 g/mol. The van der Waals surface area contributed by atoms with Crippen LogP contribution in [0.3, 0.4) is 0 Å². The summed E-state index contributed by atoms with van der Waals surface area (Å²) >= 11 is 0. The number of aromatic nitrogens is 1. The number of ketones is 2. The molecule has 2 heterocycles. The molecule has 1 aromatic heterocycles. The van der Waals surface area contributed by atoms with E-state index in [-0.39, 0.29) is 11.7 Å². The van der Waals surface area contributed by atoms with Crippen LogP contribution in [0.2, 0.25) is 0 Å². The molecule has 1 aliphatic rings. The predicted octanol–water partition coefficient (Wildman–Crippen LogP) is 4.01. The summed E-state index contributed by atoms with van der Waals surface area (Å²) in [5.41, 5.74) is 4.05. The third kappa shape index (κ3) is 3.45. The fraction of sp³-hybridized carbons (Fsp3) is 0.320. The second-order valence-electron chi connectivity index (χ2n) is 8.36. The van der Waals surface area contributed by atoms with Crippen molar-refractivity contribution in [2.75, 3.05) is 6.54 Å². The molecule has 1 amide bonds. The number of Topliss-reactive ketones (excluding diaryl/α,β-unsaturated/α-hetero) is 2. The number of rotatable bonds is 6. The van der Waals surface area contributed by atoms with Crippen LogP contribution < -0.4 is 0 Å². The highest BCUT2D eigenvalue weighted by Crippen LogP contribution is 2.38. The zero-order chi connectivity index (χ0) is 21.4. The number of hydrogen-bond acceptors (Lipinski definition) is 3. The fourth-order valence-electron chi connectivity index (χ4n) is 4.32. The number of nitrogens with one attached hydrogen (secondary N) is 1. The summed E-state index contributed by atoms with van der Waals surface area (Å²) < 4.78 is 0. The lowest BCUT2D eigenvalue weighted by Crippen LogP contribution is -2.33. The third-order valence-electron chi connectivity index (χ3n) is 6.00. The first kappa shape index (κ1) is 20.1. The van der Waals surface area contributed by atoms with E-state index in [2.05, 4.69) is 4.98 Å². The van der Waals surface area contributed by atoms with Gasteiger partial charge in [-0.2, -0.15) is 0 Å². The first-order valence-corrected chi connectivity index (χ1v) is 10.4. The second kappa shape index (κ2) is 7.90. The van der Waals surface area contributed by atoms with Gasteiger partial charge >= 0.3 is 0 Å². The minimum absolute atomic E-state index is 0.173. The van der Waals surface area contributed by atoms with Gasteiger partial charge in [0.1, 0.15) is 11.7 Å². The Morgan fingerprint density at radius 2 is 1.77 bits per heavy atom. The van der Waals surface area contributed by atoms with Gasteiger partial charge in [0, 0.05) is 29.6 Å². The summed E-state index contributed by atoms with van der Waals surface area (Å²) in [5, 5.41) is 1.11. The molecule has 2 unspecified atom stereocenters. The standard InChI is InChI=1S/C25H26N2O3/c1-15(2)23(28)21-22(17-10-8-16(3)9-11-17)27(25(30)24(21)29)13-12-18-14-26-20-7-5-4-6-19(18)20/h4-11,14-15,21-22,26H,12-13H2,1-3H3. The number of likely N-dealkylation sites (tertiary alicyclic amines) is 1. The van der Waals surface area contributed by atoms with E-state index in [9.17, 15) is 14.4 Å². The molecule has 154 valence electrons. The van der Waals surface area contributed by atoms with Crippen LogP contribution in [0, 0.1) is 18.8 Å². The molecule has 1 aliphatic heterocycles. The van der Waals surface area contributed by atoms with Gasteiger partial charge in [0.05, 0.1) is 6.04 Å². The van der Waals surface area contributed by atoms with E-state index in [4.69, 9.17) is 0 Å². The Morgan fingerprint density at radius 1 is 1.07 bits per heavy atom. The van der Waals surface area contributed by atoms with Gasteiger partial charge in [-0.3, -0.25) is 14.4 Å². The number of para-hydroxylation sites is 1. The van der Waals surface area contributed by atoms with E-state index in [0.29, 0.717) is 13.0 Å². The van der Waals surface area contributed by atoms with Gasteiger partial charge in [-0.15, -0.1) is 0 Å². The lowest BCUT2D eigenvalue weighted by atomic mass is 9.84. The van der Waals surface area contributed by atoms with E-state index >= 15 is 0 Å². The number of carbonyl (C=O) groups excluding carboxylic acids is 3. The van der Waals surface area contributed by atoms with Gasteiger partial charge in [0.2, 0.25) is 5.78 Å². The van der Waals surface area contributed by atoms with Gasteiger partial charge in [0.15, 0.2) is 0 Å².